The van der Waals surface area contributed by atoms with Crippen molar-refractivity contribution in [3.8, 4) is 5.75 Å². The molecule has 0 radical (unpaired) electrons. The van der Waals surface area contributed by atoms with Crippen LogP contribution < -0.4 is 4.74 Å². The highest BCUT2D eigenvalue weighted by atomic mass is 79.9. The molecule has 1 aromatic carbocycles. The Morgan fingerprint density at radius 2 is 2.18 bits per heavy atom. The topological polar surface area (TPSA) is 26.3 Å². The van der Waals surface area contributed by atoms with Crippen LogP contribution in [0.5, 0.6) is 5.75 Å². The summed E-state index contributed by atoms with van der Waals surface area (Å²) < 4.78 is 6.01. The number of rotatable bonds is 3. The van der Waals surface area contributed by atoms with Gasteiger partial charge in [-0.15, -0.1) is 0 Å². The number of hydrogen-bond acceptors (Lipinski definition) is 2. The number of carbonyl (C=O) groups excluding carboxylic acids is 1. The van der Waals surface area contributed by atoms with Crippen molar-refractivity contribution in [2.45, 2.75) is 26.2 Å². The van der Waals surface area contributed by atoms with Crippen LogP contribution in [0.15, 0.2) is 22.7 Å². The number of benzene rings is 1. The molecule has 0 N–H and O–H groups in total. The maximum absolute atomic E-state index is 12.3. The van der Waals surface area contributed by atoms with Crippen molar-refractivity contribution in [2.75, 3.05) is 7.11 Å². The molecule has 2 unspecified atom stereocenters. The van der Waals surface area contributed by atoms with E-state index in [0.29, 0.717) is 5.92 Å². The highest BCUT2D eigenvalue weighted by molar-refractivity contribution is 9.10. The van der Waals surface area contributed by atoms with Gasteiger partial charge in [0.25, 0.3) is 0 Å². The second-order valence-corrected chi connectivity index (χ2v) is 5.58. The Morgan fingerprint density at radius 3 is 2.71 bits per heavy atom. The lowest BCUT2D eigenvalue weighted by Crippen LogP contribution is -2.17. The molecule has 0 aromatic heterocycles. The van der Waals surface area contributed by atoms with E-state index >= 15 is 0 Å². The van der Waals surface area contributed by atoms with E-state index in [2.05, 4.69) is 22.9 Å². The molecule has 92 valence electrons. The Kier molecular flexibility index (Phi) is 3.87. The molecule has 2 atom stereocenters. The van der Waals surface area contributed by atoms with Crippen molar-refractivity contribution in [2.24, 2.45) is 11.8 Å². The van der Waals surface area contributed by atoms with Crippen molar-refractivity contribution < 1.29 is 9.53 Å². The first kappa shape index (κ1) is 12.6. The predicted octanol–water partition coefficient (Wildman–Crippen LogP) is 4.08. The van der Waals surface area contributed by atoms with Crippen LogP contribution in [0, 0.1) is 11.8 Å². The summed E-state index contributed by atoms with van der Waals surface area (Å²) in [4.78, 5) is 12.3. The third kappa shape index (κ3) is 2.54. The predicted molar refractivity (Wildman–Crippen MR) is 71.5 cm³/mol. The zero-order valence-electron chi connectivity index (χ0n) is 10.2. The van der Waals surface area contributed by atoms with Crippen molar-refractivity contribution in [1.29, 1.82) is 0 Å². The molecule has 1 aromatic rings. The van der Waals surface area contributed by atoms with Crippen molar-refractivity contribution in [1.82, 2.24) is 0 Å². The van der Waals surface area contributed by atoms with Crippen LogP contribution in [0.2, 0.25) is 0 Å². The van der Waals surface area contributed by atoms with Gasteiger partial charge in [-0.2, -0.15) is 0 Å². The van der Waals surface area contributed by atoms with Gasteiger partial charge in [-0.1, -0.05) is 13.3 Å². The van der Waals surface area contributed by atoms with Crippen LogP contribution in [0.25, 0.3) is 0 Å². The number of methoxy groups -OCH3 is 1. The Hall–Kier alpha value is -0.830. The summed E-state index contributed by atoms with van der Waals surface area (Å²) in [7, 11) is 1.63. The maximum atomic E-state index is 12.3. The quantitative estimate of drug-likeness (QED) is 0.786. The Morgan fingerprint density at radius 1 is 1.41 bits per heavy atom. The number of carbonyl (C=O) groups is 1. The molecule has 1 aliphatic rings. The summed E-state index contributed by atoms with van der Waals surface area (Å²) in [5.41, 5.74) is 0.788. The van der Waals surface area contributed by atoms with Gasteiger partial charge in [0, 0.05) is 11.5 Å². The van der Waals surface area contributed by atoms with Gasteiger partial charge >= 0.3 is 0 Å². The number of ketones is 1. The first-order chi connectivity index (χ1) is 8.13. The largest absolute Gasteiger partial charge is 0.496 e. The SMILES string of the molecule is COc1ccc(C(=O)C2CCCC2C)cc1Br. The third-order valence-corrected chi connectivity index (χ3v) is 4.25. The number of hydrogen-bond donors (Lipinski definition) is 0. The lowest BCUT2D eigenvalue weighted by Gasteiger charge is -2.14. The second kappa shape index (κ2) is 5.21. The minimum Gasteiger partial charge on any atom is -0.496 e. The fourth-order valence-electron chi connectivity index (χ4n) is 2.57. The van der Waals surface area contributed by atoms with Crippen molar-refractivity contribution in [3.63, 3.8) is 0 Å². The van der Waals surface area contributed by atoms with E-state index < -0.39 is 0 Å². The molecule has 0 heterocycles. The summed E-state index contributed by atoms with van der Waals surface area (Å²) in [6, 6.07) is 5.57. The fraction of sp³-hybridized carbons (Fsp3) is 0.500. The lowest BCUT2D eigenvalue weighted by molar-refractivity contribution is 0.0897. The molecule has 0 saturated heterocycles. The number of Topliss-reactive ketones (excluding diaryl/α,β-unsaturated/α-hetero) is 1. The molecule has 1 fully saturated rings. The van der Waals surface area contributed by atoms with Crippen molar-refractivity contribution in [3.05, 3.63) is 28.2 Å². The van der Waals surface area contributed by atoms with Crippen LogP contribution in [0.4, 0.5) is 0 Å². The smallest absolute Gasteiger partial charge is 0.166 e. The molecule has 2 nitrogen and oxygen atoms in total. The molecule has 0 amide bonds. The monoisotopic (exact) mass is 296 g/mol. The summed E-state index contributed by atoms with van der Waals surface area (Å²) >= 11 is 3.42. The van der Waals surface area contributed by atoms with Crippen LogP contribution in [0.3, 0.4) is 0 Å². The first-order valence-electron chi connectivity index (χ1n) is 6.01. The zero-order valence-corrected chi connectivity index (χ0v) is 11.8. The van der Waals surface area contributed by atoms with Gasteiger partial charge in [0.1, 0.15) is 5.75 Å². The van der Waals surface area contributed by atoms with Crippen LogP contribution in [-0.2, 0) is 0 Å². The van der Waals surface area contributed by atoms with Gasteiger partial charge < -0.3 is 4.74 Å². The molecule has 1 saturated carbocycles. The van der Waals surface area contributed by atoms with Gasteiger partial charge in [-0.3, -0.25) is 4.79 Å². The van der Waals surface area contributed by atoms with Crippen molar-refractivity contribution >= 4 is 21.7 Å². The van der Waals surface area contributed by atoms with E-state index in [1.807, 2.05) is 18.2 Å². The van der Waals surface area contributed by atoms with E-state index in [4.69, 9.17) is 4.74 Å². The first-order valence-corrected chi connectivity index (χ1v) is 6.80. The van der Waals surface area contributed by atoms with Gasteiger partial charge in [-0.25, -0.2) is 0 Å². The standard InChI is InChI=1S/C14H17BrO2/c1-9-4-3-5-11(9)14(16)10-6-7-13(17-2)12(15)8-10/h6-9,11H,3-5H2,1-2H3. The molecule has 0 spiro atoms. The zero-order chi connectivity index (χ0) is 12.4. The molecular weight excluding hydrogens is 280 g/mol. The minimum absolute atomic E-state index is 0.204. The highest BCUT2D eigenvalue weighted by Gasteiger charge is 2.30. The van der Waals surface area contributed by atoms with Crippen LogP contribution >= 0.6 is 15.9 Å². The molecule has 2 rings (SSSR count). The molecule has 0 bridgehead atoms. The van der Waals surface area contributed by atoms with Gasteiger partial charge in [0.15, 0.2) is 5.78 Å². The summed E-state index contributed by atoms with van der Waals surface area (Å²) in [5, 5.41) is 0. The molecule has 1 aliphatic carbocycles. The van der Waals surface area contributed by atoms with E-state index in [1.165, 1.54) is 12.8 Å². The van der Waals surface area contributed by atoms with E-state index in [9.17, 15) is 4.79 Å². The summed E-state index contributed by atoms with van der Waals surface area (Å²) in [6.45, 7) is 2.17. The second-order valence-electron chi connectivity index (χ2n) is 4.73. The van der Waals surface area contributed by atoms with E-state index in [-0.39, 0.29) is 11.7 Å². The Labute approximate surface area is 110 Å². The maximum Gasteiger partial charge on any atom is 0.166 e. The fourth-order valence-corrected chi connectivity index (χ4v) is 3.11. The summed E-state index contributed by atoms with van der Waals surface area (Å²) in [6.07, 6.45) is 3.38. The van der Waals surface area contributed by atoms with Gasteiger partial charge in [0.05, 0.1) is 11.6 Å². The molecule has 0 aliphatic heterocycles. The number of ether oxygens (including phenoxy) is 1. The average molecular weight is 297 g/mol. The minimum atomic E-state index is 0.204. The Bertz CT molecular complexity index is 428. The molecule has 17 heavy (non-hydrogen) atoms. The van der Waals surface area contributed by atoms with Gasteiger partial charge in [-0.05, 0) is 52.9 Å². The summed E-state index contributed by atoms with van der Waals surface area (Å²) in [5.74, 6) is 1.76. The highest BCUT2D eigenvalue weighted by Crippen LogP contribution is 2.35. The average Bonchev–Trinajstić information content (AvgIpc) is 2.74. The molecular formula is C14H17BrO2. The molecule has 3 heteroatoms. The van der Waals surface area contributed by atoms with E-state index in [0.717, 1.165) is 22.2 Å². The van der Waals surface area contributed by atoms with E-state index in [1.54, 1.807) is 7.11 Å². The lowest BCUT2D eigenvalue weighted by atomic mass is 9.90. The normalized spacial score (nSPS) is 23.7. The number of halogens is 1. The Balaban J connectivity index is 2.22. The van der Waals surface area contributed by atoms with Gasteiger partial charge in [0.2, 0.25) is 0 Å². The van der Waals surface area contributed by atoms with Crippen LogP contribution in [0.1, 0.15) is 36.5 Å². The third-order valence-electron chi connectivity index (χ3n) is 3.63. The van der Waals surface area contributed by atoms with Crippen LogP contribution in [-0.4, -0.2) is 12.9 Å².